The van der Waals surface area contributed by atoms with Gasteiger partial charge < -0.3 is 4.74 Å². The maximum absolute atomic E-state index is 8.49. The molecule has 0 spiro atoms. The molecule has 1 aromatic rings. The van der Waals surface area contributed by atoms with Crippen LogP contribution in [0.25, 0.3) is 0 Å². The second-order valence-electron chi connectivity index (χ2n) is 2.96. The summed E-state index contributed by atoms with van der Waals surface area (Å²) in [5.41, 5.74) is 2.35. The minimum Gasteiger partial charge on any atom is -0.496 e. The predicted molar refractivity (Wildman–Crippen MR) is 58.8 cm³/mol. The molecule has 0 aliphatic rings. The van der Waals surface area contributed by atoms with Gasteiger partial charge in [0.05, 0.1) is 18.9 Å². The molecule has 0 aliphatic carbocycles. The first-order valence-corrected chi connectivity index (χ1v) is 5.33. The maximum atomic E-state index is 8.49. The van der Waals surface area contributed by atoms with Crippen molar-refractivity contribution in [2.75, 3.05) is 12.9 Å². The number of hydrogen-bond donors (Lipinski definition) is 0. The van der Waals surface area contributed by atoms with Crippen LogP contribution in [0.5, 0.6) is 5.75 Å². The monoisotopic (exact) mass is 207 g/mol. The van der Waals surface area contributed by atoms with Gasteiger partial charge in [0.15, 0.2) is 0 Å². The predicted octanol–water partition coefficient (Wildman–Crippen LogP) is 2.93. The Morgan fingerprint density at radius 3 is 2.64 bits per heavy atom. The fourth-order valence-electron chi connectivity index (χ4n) is 1.26. The van der Waals surface area contributed by atoms with Crippen LogP contribution >= 0.6 is 11.8 Å². The molecule has 0 atom stereocenters. The van der Waals surface area contributed by atoms with Crippen molar-refractivity contribution >= 4 is 11.8 Å². The smallest absolute Gasteiger partial charge is 0.122 e. The number of rotatable bonds is 3. The summed E-state index contributed by atoms with van der Waals surface area (Å²) in [4.78, 5) is 1.16. The summed E-state index contributed by atoms with van der Waals surface area (Å²) in [7, 11) is 1.67. The molecule has 1 rings (SSSR count). The van der Waals surface area contributed by atoms with Crippen molar-refractivity contribution in [2.24, 2.45) is 0 Å². The van der Waals surface area contributed by atoms with E-state index in [2.05, 4.69) is 13.0 Å². The Kier molecular flexibility index (Phi) is 3.84. The molecule has 0 unspecified atom stereocenters. The molecule has 0 amide bonds. The lowest BCUT2D eigenvalue weighted by atomic mass is 10.1. The van der Waals surface area contributed by atoms with Crippen LogP contribution in [0.3, 0.4) is 0 Å². The van der Waals surface area contributed by atoms with Crippen molar-refractivity contribution in [3.05, 3.63) is 23.3 Å². The zero-order valence-electron chi connectivity index (χ0n) is 8.63. The Morgan fingerprint density at radius 1 is 1.36 bits per heavy atom. The third-order valence-electron chi connectivity index (χ3n) is 2.20. The Balaban J connectivity index is 2.99. The lowest BCUT2D eigenvalue weighted by Crippen LogP contribution is -1.92. The largest absolute Gasteiger partial charge is 0.496 e. The quantitative estimate of drug-likeness (QED) is 0.714. The van der Waals surface area contributed by atoms with Gasteiger partial charge in [-0.2, -0.15) is 5.26 Å². The summed E-state index contributed by atoms with van der Waals surface area (Å²) in [6, 6.07) is 6.07. The first-order chi connectivity index (χ1) is 6.70. The highest BCUT2D eigenvalue weighted by Crippen LogP contribution is 2.29. The van der Waals surface area contributed by atoms with E-state index in [1.165, 1.54) is 5.56 Å². The summed E-state index contributed by atoms with van der Waals surface area (Å²) in [5.74, 6) is 1.40. The molecule has 0 saturated carbocycles. The first-order valence-electron chi connectivity index (χ1n) is 4.34. The number of methoxy groups -OCH3 is 1. The van der Waals surface area contributed by atoms with Gasteiger partial charge >= 0.3 is 0 Å². The molecule has 0 N–H and O–H groups in total. The highest BCUT2D eigenvalue weighted by molar-refractivity contribution is 7.99. The van der Waals surface area contributed by atoms with Crippen molar-refractivity contribution in [2.45, 2.75) is 18.7 Å². The number of ether oxygens (including phenoxy) is 1. The molecular weight excluding hydrogens is 194 g/mol. The summed E-state index contributed by atoms with van der Waals surface area (Å²) in [5, 5.41) is 8.49. The van der Waals surface area contributed by atoms with Gasteiger partial charge in [0.2, 0.25) is 0 Å². The molecule has 3 heteroatoms. The van der Waals surface area contributed by atoms with E-state index in [1.807, 2.05) is 19.1 Å². The highest BCUT2D eigenvalue weighted by atomic mass is 32.2. The number of hydrogen-bond acceptors (Lipinski definition) is 3. The van der Waals surface area contributed by atoms with Crippen LogP contribution in [0.1, 0.15) is 11.1 Å². The molecule has 1 aromatic carbocycles. The SMILES string of the molecule is COc1ccc(SCC#N)c(C)c1C. The number of thioether (sulfide) groups is 1. The van der Waals surface area contributed by atoms with Crippen molar-refractivity contribution < 1.29 is 4.74 Å². The van der Waals surface area contributed by atoms with E-state index < -0.39 is 0 Å². The minimum atomic E-state index is 0.493. The first kappa shape index (κ1) is 10.9. The van der Waals surface area contributed by atoms with Crippen molar-refractivity contribution in [1.82, 2.24) is 0 Å². The third kappa shape index (κ3) is 2.21. The summed E-state index contributed by atoms with van der Waals surface area (Å²) in [6.07, 6.45) is 0. The van der Waals surface area contributed by atoms with E-state index in [4.69, 9.17) is 10.00 Å². The lowest BCUT2D eigenvalue weighted by Gasteiger charge is -2.10. The third-order valence-corrected chi connectivity index (χ3v) is 3.23. The second kappa shape index (κ2) is 4.92. The maximum Gasteiger partial charge on any atom is 0.122 e. The second-order valence-corrected chi connectivity index (χ2v) is 3.98. The van der Waals surface area contributed by atoms with Crippen LogP contribution in [-0.2, 0) is 0 Å². The Hall–Kier alpha value is -1.14. The van der Waals surface area contributed by atoms with Crippen LogP contribution in [0.4, 0.5) is 0 Å². The van der Waals surface area contributed by atoms with Gasteiger partial charge in [0.25, 0.3) is 0 Å². The lowest BCUT2D eigenvalue weighted by molar-refractivity contribution is 0.411. The van der Waals surface area contributed by atoms with Crippen molar-refractivity contribution in [1.29, 1.82) is 5.26 Å². The van der Waals surface area contributed by atoms with Crippen molar-refractivity contribution in [3.8, 4) is 11.8 Å². The van der Waals surface area contributed by atoms with E-state index in [0.717, 1.165) is 16.2 Å². The molecule has 0 heterocycles. The molecule has 0 radical (unpaired) electrons. The molecule has 0 bridgehead atoms. The van der Waals surface area contributed by atoms with Gasteiger partial charge in [0, 0.05) is 4.90 Å². The van der Waals surface area contributed by atoms with E-state index in [-0.39, 0.29) is 0 Å². The summed E-state index contributed by atoms with van der Waals surface area (Å²) >= 11 is 1.56. The number of benzene rings is 1. The minimum absolute atomic E-state index is 0.493. The van der Waals surface area contributed by atoms with Crippen LogP contribution in [0.2, 0.25) is 0 Å². The molecule has 0 aromatic heterocycles. The Labute approximate surface area is 88.9 Å². The van der Waals surface area contributed by atoms with Gasteiger partial charge in [0.1, 0.15) is 5.75 Å². The van der Waals surface area contributed by atoms with Gasteiger partial charge in [-0.1, -0.05) is 0 Å². The van der Waals surface area contributed by atoms with Crippen LogP contribution in [0, 0.1) is 25.2 Å². The standard InChI is InChI=1S/C11H13NOS/c1-8-9(2)11(14-7-6-12)5-4-10(8)13-3/h4-5H,7H2,1-3H3. The van der Waals surface area contributed by atoms with Crippen LogP contribution in [0.15, 0.2) is 17.0 Å². The van der Waals surface area contributed by atoms with Gasteiger partial charge in [-0.25, -0.2) is 0 Å². The molecule has 74 valence electrons. The van der Waals surface area contributed by atoms with Gasteiger partial charge in [-0.05, 0) is 37.1 Å². The Bertz CT molecular complexity index is 368. The van der Waals surface area contributed by atoms with Crippen LogP contribution < -0.4 is 4.74 Å². The van der Waals surface area contributed by atoms with Gasteiger partial charge in [-0.15, -0.1) is 11.8 Å². The molecule has 2 nitrogen and oxygen atoms in total. The molecule has 14 heavy (non-hydrogen) atoms. The Morgan fingerprint density at radius 2 is 2.07 bits per heavy atom. The van der Waals surface area contributed by atoms with Gasteiger partial charge in [-0.3, -0.25) is 0 Å². The van der Waals surface area contributed by atoms with Crippen LogP contribution in [-0.4, -0.2) is 12.9 Å². The van der Waals surface area contributed by atoms with E-state index in [9.17, 15) is 0 Å². The normalized spacial score (nSPS) is 9.57. The number of nitriles is 1. The zero-order valence-corrected chi connectivity index (χ0v) is 9.44. The fraction of sp³-hybridized carbons (Fsp3) is 0.364. The van der Waals surface area contributed by atoms with E-state index >= 15 is 0 Å². The highest BCUT2D eigenvalue weighted by Gasteiger charge is 2.06. The van der Waals surface area contributed by atoms with E-state index in [1.54, 1.807) is 18.9 Å². The average Bonchev–Trinajstić information content (AvgIpc) is 2.20. The van der Waals surface area contributed by atoms with Crippen molar-refractivity contribution in [3.63, 3.8) is 0 Å². The number of nitrogens with zero attached hydrogens (tertiary/aromatic N) is 1. The fourth-order valence-corrected chi connectivity index (χ4v) is 2.01. The molecule has 0 saturated heterocycles. The topological polar surface area (TPSA) is 33.0 Å². The van der Waals surface area contributed by atoms with E-state index in [0.29, 0.717) is 5.75 Å². The summed E-state index contributed by atoms with van der Waals surface area (Å²) in [6.45, 7) is 4.09. The molecule has 0 fully saturated rings. The summed E-state index contributed by atoms with van der Waals surface area (Å²) < 4.78 is 5.21. The zero-order chi connectivity index (χ0) is 10.6. The average molecular weight is 207 g/mol. The molecule has 0 aliphatic heterocycles. The molecular formula is C11H13NOS.